The lowest BCUT2D eigenvalue weighted by atomic mass is 10.1. The molecule has 1 aromatic heterocycles. The van der Waals surface area contributed by atoms with E-state index in [9.17, 15) is 4.79 Å². The van der Waals surface area contributed by atoms with E-state index in [0.717, 1.165) is 0 Å². The number of hydrogen-bond acceptors (Lipinski definition) is 3. The summed E-state index contributed by atoms with van der Waals surface area (Å²) in [5.74, 6) is 2.29. The highest BCUT2D eigenvalue weighted by molar-refractivity contribution is 6.36. The highest BCUT2D eigenvalue weighted by Crippen LogP contribution is 2.29. The first-order chi connectivity index (χ1) is 11.1. The van der Waals surface area contributed by atoms with Crippen molar-refractivity contribution in [2.75, 3.05) is 18.0 Å². The van der Waals surface area contributed by atoms with Crippen LogP contribution in [0, 0.1) is 12.3 Å². The van der Waals surface area contributed by atoms with Gasteiger partial charge in [-0.25, -0.2) is 4.98 Å². The molecular formula is C17H11Cl2N3O. The topological polar surface area (TPSA) is 45.6 Å². The number of benzene rings is 1. The van der Waals surface area contributed by atoms with Crippen molar-refractivity contribution >= 4 is 40.5 Å². The first kappa shape index (κ1) is 15.5. The summed E-state index contributed by atoms with van der Waals surface area (Å²) in [7, 11) is 0. The average Bonchev–Trinajstić information content (AvgIpc) is 2.66. The van der Waals surface area contributed by atoms with Crippen LogP contribution in [0.25, 0.3) is 0 Å². The Bertz CT molecular complexity index is 855. The van der Waals surface area contributed by atoms with Gasteiger partial charge in [-0.15, -0.1) is 6.42 Å². The smallest absolute Gasteiger partial charge is 0.249 e. The molecule has 0 spiro atoms. The molecule has 0 atom stereocenters. The van der Waals surface area contributed by atoms with Crippen LogP contribution < -0.4 is 4.90 Å². The van der Waals surface area contributed by atoms with Crippen LogP contribution in [0.1, 0.15) is 11.3 Å². The van der Waals surface area contributed by atoms with E-state index in [1.165, 1.54) is 4.90 Å². The third-order valence-electron chi connectivity index (χ3n) is 3.41. The van der Waals surface area contributed by atoms with Crippen molar-refractivity contribution in [3.8, 4) is 12.3 Å². The molecule has 0 bridgehead atoms. The van der Waals surface area contributed by atoms with Crippen LogP contribution in [0.15, 0.2) is 41.4 Å². The summed E-state index contributed by atoms with van der Waals surface area (Å²) in [5, 5.41) is 0.829. The number of hydrogen-bond donors (Lipinski definition) is 0. The Kier molecular flexibility index (Phi) is 4.33. The third-order valence-corrected chi connectivity index (χ3v) is 3.95. The van der Waals surface area contributed by atoms with Gasteiger partial charge in [0.15, 0.2) is 0 Å². The molecule has 0 saturated carbocycles. The Labute approximate surface area is 143 Å². The lowest BCUT2D eigenvalue weighted by molar-refractivity contribution is -0.117. The maximum atomic E-state index is 12.3. The SMILES string of the molecule is C#CCN1C(=O)CN=C(c2ccccc2Cl)c2nc(Cl)ccc21. The molecule has 0 aliphatic carbocycles. The monoisotopic (exact) mass is 343 g/mol. The molecule has 4 nitrogen and oxygen atoms in total. The van der Waals surface area contributed by atoms with Gasteiger partial charge in [-0.1, -0.05) is 47.3 Å². The molecule has 1 amide bonds. The van der Waals surface area contributed by atoms with Crippen molar-refractivity contribution in [1.82, 2.24) is 4.98 Å². The van der Waals surface area contributed by atoms with Gasteiger partial charge in [0, 0.05) is 5.56 Å². The largest absolute Gasteiger partial charge is 0.297 e. The summed E-state index contributed by atoms with van der Waals surface area (Å²) in [5.41, 5.74) is 2.29. The first-order valence-corrected chi connectivity index (χ1v) is 7.57. The van der Waals surface area contributed by atoms with Crippen LogP contribution in [-0.4, -0.2) is 29.7 Å². The Balaban J connectivity index is 2.24. The summed E-state index contributed by atoms with van der Waals surface area (Å²) >= 11 is 12.3. The van der Waals surface area contributed by atoms with Crippen molar-refractivity contribution in [2.24, 2.45) is 4.99 Å². The highest BCUT2D eigenvalue weighted by Gasteiger charge is 2.26. The summed E-state index contributed by atoms with van der Waals surface area (Å²) in [6.07, 6.45) is 5.38. The predicted octanol–water partition coefficient (Wildman–Crippen LogP) is 3.21. The van der Waals surface area contributed by atoms with Gasteiger partial charge in [-0.05, 0) is 18.2 Å². The Morgan fingerprint density at radius 2 is 2.00 bits per heavy atom. The fraction of sp³-hybridized carbons (Fsp3) is 0.118. The van der Waals surface area contributed by atoms with E-state index in [1.54, 1.807) is 18.2 Å². The quantitative estimate of drug-likeness (QED) is 0.620. The number of fused-ring (bicyclic) bond motifs is 1. The minimum absolute atomic E-state index is 0.0315. The number of halogens is 2. The van der Waals surface area contributed by atoms with Crippen molar-refractivity contribution < 1.29 is 4.79 Å². The zero-order chi connectivity index (χ0) is 16.4. The van der Waals surface area contributed by atoms with Crippen LogP contribution in [0.4, 0.5) is 5.69 Å². The molecule has 1 aliphatic rings. The zero-order valence-electron chi connectivity index (χ0n) is 12.0. The molecule has 2 heterocycles. The lowest BCUT2D eigenvalue weighted by Gasteiger charge is -2.20. The van der Waals surface area contributed by atoms with Gasteiger partial charge in [0.25, 0.3) is 0 Å². The molecule has 1 aliphatic heterocycles. The van der Waals surface area contributed by atoms with E-state index < -0.39 is 0 Å². The Morgan fingerprint density at radius 3 is 2.74 bits per heavy atom. The Hall–Kier alpha value is -2.35. The van der Waals surface area contributed by atoms with Crippen LogP contribution >= 0.6 is 23.2 Å². The number of anilines is 1. The molecule has 0 saturated heterocycles. The molecule has 0 unspecified atom stereocenters. The fourth-order valence-electron chi connectivity index (χ4n) is 2.39. The van der Waals surface area contributed by atoms with E-state index >= 15 is 0 Å². The molecule has 0 fully saturated rings. The van der Waals surface area contributed by atoms with Gasteiger partial charge >= 0.3 is 0 Å². The van der Waals surface area contributed by atoms with Crippen LogP contribution in [0.2, 0.25) is 10.2 Å². The van der Waals surface area contributed by atoms with Crippen molar-refractivity contribution in [1.29, 1.82) is 0 Å². The molecule has 23 heavy (non-hydrogen) atoms. The van der Waals surface area contributed by atoms with E-state index in [2.05, 4.69) is 15.9 Å². The summed E-state index contributed by atoms with van der Waals surface area (Å²) in [6.45, 7) is 0.108. The zero-order valence-corrected chi connectivity index (χ0v) is 13.5. The molecule has 0 N–H and O–H groups in total. The summed E-state index contributed by atoms with van der Waals surface area (Å²) in [4.78, 5) is 22.6. The molecule has 3 rings (SSSR count). The minimum Gasteiger partial charge on any atom is -0.297 e. The number of terminal acetylenes is 1. The molecule has 1 aromatic carbocycles. The molecule has 6 heteroatoms. The number of aliphatic imine (C=N–C) groups is 1. The second-order valence-corrected chi connectivity index (χ2v) is 5.62. The molecule has 2 aromatic rings. The molecule has 114 valence electrons. The lowest BCUT2D eigenvalue weighted by Crippen LogP contribution is -2.33. The highest BCUT2D eigenvalue weighted by atomic mass is 35.5. The van der Waals surface area contributed by atoms with Crippen LogP contribution in [0.3, 0.4) is 0 Å². The van der Waals surface area contributed by atoms with Gasteiger partial charge < -0.3 is 0 Å². The summed E-state index contributed by atoms with van der Waals surface area (Å²) < 4.78 is 0. The van der Waals surface area contributed by atoms with Gasteiger partial charge in [0.1, 0.15) is 17.4 Å². The number of aromatic nitrogens is 1. The van der Waals surface area contributed by atoms with E-state index in [-0.39, 0.29) is 19.0 Å². The number of nitrogens with zero attached hydrogens (tertiary/aromatic N) is 3. The van der Waals surface area contributed by atoms with Gasteiger partial charge in [0.2, 0.25) is 5.91 Å². The third kappa shape index (κ3) is 2.94. The van der Waals surface area contributed by atoms with Gasteiger partial charge in [-0.2, -0.15) is 0 Å². The number of rotatable bonds is 2. The molecule has 0 radical (unpaired) electrons. The van der Waals surface area contributed by atoms with E-state index in [1.807, 2.05) is 18.2 Å². The van der Waals surface area contributed by atoms with Crippen LogP contribution in [0.5, 0.6) is 0 Å². The van der Waals surface area contributed by atoms with E-state index in [0.29, 0.717) is 32.8 Å². The van der Waals surface area contributed by atoms with Crippen molar-refractivity contribution in [3.63, 3.8) is 0 Å². The standard InChI is InChI=1S/C17H11Cl2N3O/c1-2-9-22-13-7-8-14(19)21-17(13)16(20-10-15(22)23)11-5-3-4-6-12(11)18/h1,3-8H,9-10H2. The predicted molar refractivity (Wildman–Crippen MR) is 92.4 cm³/mol. The number of amides is 1. The second kappa shape index (κ2) is 6.41. The normalized spacial score (nSPS) is 13.9. The number of pyridine rings is 1. The molecular weight excluding hydrogens is 333 g/mol. The van der Waals surface area contributed by atoms with Crippen molar-refractivity contribution in [2.45, 2.75) is 0 Å². The fourth-order valence-corrected chi connectivity index (χ4v) is 2.76. The van der Waals surface area contributed by atoms with E-state index in [4.69, 9.17) is 29.6 Å². The first-order valence-electron chi connectivity index (χ1n) is 6.82. The number of carbonyl (C=O) groups is 1. The summed E-state index contributed by atoms with van der Waals surface area (Å²) in [6, 6.07) is 10.6. The maximum Gasteiger partial charge on any atom is 0.249 e. The van der Waals surface area contributed by atoms with Gasteiger partial charge in [-0.3, -0.25) is 14.7 Å². The maximum absolute atomic E-state index is 12.3. The van der Waals surface area contributed by atoms with Crippen molar-refractivity contribution in [3.05, 3.63) is 57.8 Å². The van der Waals surface area contributed by atoms with Crippen LogP contribution in [-0.2, 0) is 4.79 Å². The number of carbonyl (C=O) groups excluding carboxylic acids is 1. The second-order valence-electron chi connectivity index (χ2n) is 4.83. The van der Waals surface area contributed by atoms with Gasteiger partial charge in [0.05, 0.1) is 23.0 Å². The Morgan fingerprint density at radius 1 is 1.22 bits per heavy atom. The average molecular weight is 344 g/mol. The minimum atomic E-state index is -0.199.